The number of aromatic nitrogens is 1. The first-order valence-corrected chi connectivity index (χ1v) is 7.89. The zero-order valence-electron chi connectivity index (χ0n) is 10.5. The third-order valence-corrected chi connectivity index (χ3v) is 4.94. The Hall–Kier alpha value is -1.50. The number of rotatable bonds is 3. The Kier molecular flexibility index (Phi) is 3.84. The van der Waals surface area contributed by atoms with Crippen LogP contribution in [0.5, 0.6) is 0 Å². The normalized spacial score (nSPS) is 21.3. The van der Waals surface area contributed by atoms with Crippen LogP contribution in [0.15, 0.2) is 18.2 Å². The summed E-state index contributed by atoms with van der Waals surface area (Å²) in [5.74, 6) is -1.08. The van der Waals surface area contributed by atoms with E-state index in [1.807, 2.05) is 0 Å². The molecule has 19 heavy (non-hydrogen) atoms. The van der Waals surface area contributed by atoms with Crippen molar-refractivity contribution < 1.29 is 17.6 Å². The van der Waals surface area contributed by atoms with Gasteiger partial charge in [0.05, 0.1) is 11.5 Å². The molecule has 1 unspecified atom stereocenters. The average molecular weight is 286 g/mol. The van der Waals surface area contributed by atoms with Crippen LogP contribution in [-0.2, 0) is 9.84 Å². The number of hydrogen-bond donors (Lipinski definition) is 0. The smallest absolute Gasteiger partial charge is 0.272 e. The highest BCUT2D eigenvalue weighted by molar-refractivity contribution is 7.91. The lowest BCUT2D eigenvalue weighted by molar-refractivity contribution is 0.0701. The monoisotopic (exact) mass is 286 g/mol. The molecule has 7 heteroatoms. The van der Waals surface area contributed by atoms with Crippen LogP contribution in [0.25, 0.3) is 0 Å². The van der Waals surface area contributed by atoms with Crippen LogP contribution in [-0.4, -0.2) is 48.3 Å². The van der Waals surface area contributed by atoms with Crippen LogP contribution < -0.4 is 0 Å². The maximum absolute atomic E-state index is 13.0. The second kappa shape index (κ2) is 5.24. The standard InChI is InChI=1S/C12H15FN2O3S/c1-2-15(9-6-7-19(17,18)8-9)12(16)10-4-3-5-11(13)14-10/h3-5,9H,2,6-8H2,1H3. The van der Waals surface area contributed by atoms with Gasteiger partial charge in [0.1, 0.15) is 5.69 Å². The van der Waals surface area contributed by atoms with E-state index in [9.17, 15) is 17.6 Å². The van der Waals surface area contributed by atoms with Crippen molar-refractivity contribution in [3.8, 4) is 0 Å². The Morgan fingerprint density at radius 2 is 2.26 bits per heavy atom. The maximum atomic E-state index is 13.0. The van der Waals surface area contributed by atoms with Gasteiger partial charge in [-0.15, -0.1) is 0 Å². The van der Waals surface area contributed by atoms with Crippen LogP contribution in [0.4, 0.5) is 4.39 Å². The molecule has 0 saturated carbocycles. The highest BCUT2D eigenvalue weighted by atomic mass is 32.2. The van der Waals surface area contributed by atoms with Crippen molar-refractivity contribution in [3.05, 3.63) is 29.8 Å². The Morgan fingerprint density at radius 3 is 2.79 bits per heavy atom. The number of pyridine rings is 1. The predicted molar refractivity (Wildman–Crippen MR) is 68.0 cm³/mol. The van der Waals surface area contributed by atoms with E-state index in [0.717, 1.165) is 6.07 Å². The van der Waals surface area contributed by atoms with Crippen molar-refractivity contribution in [2.45, 2.75) is 19.4 Å². The lowest BCUT2D eigenvalue weighted by Gasteiger charge is -2.26. The summed E-state index contributed by atoms with van der Waals surface area (Å²) in [7, 11) is -3.06. The molecule has 0 radical (unpaired) electrons. The summed E-state index contributed by atoms with van der Waals surface area (Å²) in [5, 5.41) is 0. The molecule has 104 valence electrons. The van der Waals surface area contributed by atoms with E-state index < -0.39 is 21.7 Å². The third-order valence-electron chi connectivity index (χ3n) is 3.18. The number of carbonyl (C=O) groups excluding carboxylic acids is 1. The van der Waals surface area contributed by atoms with Gasteiger partial charge in [-0.25, -0.2) is 13.4 Å². The first-order chi connectivity index (χ1) is 8.93. The van der Waals surface area contributed by atoms with Crippen LogP contribution in [0, 0.1) is 5.95 Å². The predicted octanol–water partition coefficient (Wildman–Crippen LogP) is 0.870. The molecule has 1 saturated heterocycles. The number of carbonyl (C=O) groups is 1. The fourth-order valence-electron chi connectivity index (χ4n) is 2.26. The largest absolute Gasteiger partial charge is 0.334 e. The van der Waals surface area contributed by atoms with E-state index in [-0.39, 0.29) is 23.2 Å². The number of hydrogen-bond acceptors (Lipinski definition) is 4. The summed E-state index contributed by atoms with van der Waals surface area (Å²) >= 11 is 0. The number of nitrogens with zero attached hydrogens (tertiary/aromatic N) is 2. The summed E-state index contributed by atoms with van der Waals surface area (Å²) in [6.45, 7) is 2.14. The van der Waals surface area contributed by atoms with Gasteiger partial charge in [0.2, 0.25) is 5.95 Å². The molecular weight excluding hydrogens is 271 g/mol. The molecule has 2 heterocycles. The average Bonchev–Trinajstić information content (AvgIpc) is 2.70. The highest BCUT2D eigenvalue weighted by Gasteiger charge is 2.34. The van der Waals surface area contributed by atoms with Gasteiger partial charge in [0.15, 0.2) is 9.84 Å². The molecule has 0 aromatic carbocycles. The van der Waals surface area contributed by atoms with Crippen molar-refractivity contribution in [1.29, 1.82) is 0 Å². The van der Waals surface area contributed by atoms with E-state index in [1.165, 1.54) is 17.0 Å². The minimum atomic E-state index is -3.06. The summed E-state index contributed by atoms with van der Waals surface area (Å²) in [6, 6.07) is 3.66. The molecule has 1 aromatic rings. The van der Waals surface area contributed by atoms with Crippen molar-refractivity contribution >= 4 is 15.7 Å². The summed E-state index contributed by atoms with van der Waals surface area (Å²) < 4.78 is 35.9. The van der Waals surface area contributed by atoms with E-state index in [2.05, 4.69) is 4.98 Å². The highest BCUT2D eigenvalue weighted by Crippen LogP contribution is 2.19. The molecule has 0 aliphatic carbocycles. The molecule has 0 spiro atoms. The van der Waals surface area contributed by atoms with E-state index >= 15 is 0 Å². The van der Waals surface area contributed by atoms with Crippen LogP contribution in [0.2, 0.25) is 0 Å². The Labute approximate surface area is 111 Å². The molecule has 5 nitrogen and oxygen atoms in total. The van der Waals surface area contributed by atoms with Crippen molar-refractivity contribution in [2.24, 2.45) is 0 Å². The van der Waals surface area contributed by atoms with Gasteiger partial charge in [-0.1, -0.05) is 6.07 Å². The van der Waals surface area contributed by atoms with E-state index in [4.69, 9.17) is 0 Å². The summed E-state index contributed by atoms with van der Waals surface area (Å²) in [5.41, 5.74) is 0.00569. The topological polar surface area (TPSA) is 67.3 Å². The third kappa shape index (κ3) is 3.09. The molecule has 1 fully saturated rings. The number of sulfone groups is 1. The first-order valence-electron chi connectivity index (χ1n) is 6.07. The van der Waals surface area contributed by atoms with Gasteiger partial charge in [-0.2, -0.15) is 4.39 Å². The second-order valence-corrected chi connectivity index (χ2v) is 6.72. The molecule has 1 atom stereocenters. The van der Waals surface area contributed by atoms with E-state index in [0.29, 0.717) is 13.0 Å². The first kappa shape index (κ1) is 13.9. The van der Waals surface area contributed by atoms with E-state index in [1.54, 1.807) is 6.92 Å². The Balaban J connectivity index is 2.21. The fourth-order valence-corrected chi connectivity index (χ4v) is 3.99. The Bertz CT molecular complexity index is 588. The fraction of sp³-hybridized carbons (Fsp3) is 0.500. The second-order valence-electron chi connectivity index (χ2n) is 4.49. The Morgan fingerprint density at radius 1 is 1.53 bits per heavy atom. The minimum absolute atomic E-state index is 0.00569. The van der Waals surface area contributed by atoms with Gasteiger partial charge in [-0.05, 0) is 25.5 Å². The minimum Gasteiger partial charge on any atom is -0.334 e. The lowest BCUT2D eigenvalue weighted by atomic mass is 10.2. The summed E-state index contributed by atoms with van der Waals surface area (Å²) in [4.78, 5) is 17.2. The summed E-state index contributed by atoms with van der Waals surface area (Å²) in [6.07, 6.45) is 0.428. The van der Waals surface area contributed by atoms with Crippen molar-refractivity contribution in [2.75, 3.05) is 18.1 Å². The molecule has 2 rings (SSSR count). The number of amides is 1. The molecule has 1 aromatic heterocycles. The SMILES string of the molecule is CCN(C(=O)c1cccc(F)n1)C1CCS(=O)(=O)C1. The molecule has 1 aliphatic rings. The maximum Gasteiger partial charge on any atom is 0.272 e. The van der Waals surface area contributed by atoms with Gasteiger partial charge >= 0.3 is 0 Å². The van der Waals surface area contributed by atoms with Crippen LogP contribution in [0.1, 0.15) is 23.8 Å². The molecule has 0 N–H and O–H groups in total. The van der Waals surface area contributed by atoms with Crippen LogP contribution in [0.3, 0.4) is 0 Å². The zero-order valence-corrected chi connectivity index (χ0v) is 11.4. The lowest BCUT2D eigenvalue weighted by Crippen LogP contribution is -2.41. The molecule has 1 aliphatic heterocycles. The van der Waals surface area contributed by atoms with Crippen molar-refractivity contribution in [3.63, 3.8) is 0 Å². The zero-order chi connectivity index (χ0) is 14.0. The number of halogens is 1. The molecular formula is C12H15FN2O3S. The van der Waals surface area contributed by atoms with Gasteiger partial charge in [0.25, 0.3) is 5.91 Å². The molecule has 1 amide bonds. The van der Waals surface area contributed by atoms with Crippen LogP contribution >= 0.6 is 0 Å². The molecule has 0 bridgehead atoms. The van der Waals surface area contributed by atoms with Gasteiger partial charge in [-0.3, -0.25) is 4.79 Å². The van der Waals surface area contributed by atoms with Crippen molar-refractivity contribution in [1.82, 2.24) is 9.88 Å². The quantitative estimate of drug-likeness (QED) is 0.773. The van der Waals surface area contributed by atoms with Gasteiger partial charge in [0, 0.05) is 12.6 Å². The van der Waals surface area contributed by atoms with Gasteiger partial charge < -0.3 is 4.90 Å².